The number of epoxide rings is 1. The number of hydrogen-bond donors (Lipinski definition) is 1. The molecule has 0 amide bonds. The van der Waals surface area contributed by atoms with Crippen LogP contribution in [0.15, 0.2) is 0 Å². The molecule has 2 heteroatoms. The van der Waals surface area contributed by atoms with E-state index in [1.807, 2.05) is 0 Å². The summed E-state index contributed by atoms with van der Waals surface area (Å²) in [4.78, 5) is 0. The van der Waals surface area contributed by atoms with Gasteiger partial charge in [0.05, 0.1) is 18.3 Å². The molecule has 3 aliphatic rings. The Kier molecular flexibility index (Phi) is 1.75. The van der Waals surface area contributed by atoms with Crippen molar-refractivity contribution in [1.29, 1.82) is 0 Å². The van der Waals surface area contributed by atoms with Crippen molar-refractivity contribution in [2.45, 2.75) is 58.2 Å². The Balaban J connectivity index is 1.96. The van der Waals surface area contributed by atoms with Gasteiger partial charge in [-0.15, -0.1) is 0 Å². The van der Waals surface area contributed by atoms with Gasteiger partial charge in [-0.05, 0) is 36.0 Å². The van der Waals surface area contributed by atoms with Gasteiger partial charge < -0.3 is 9.84 Å². The smallest absolute Gasteiger partial charge is 0.0837 e. The fourth-order valence-electron chi connectivity index (χ4n) is 4.37. The predicted octanol–water partition coefficient (Wildman–Crippen LogP) is 2.35. The Morgan fingerprint density at radius 2 is 2.00 bits per heavy atom. The van der Waals surface area contributed by atoms with Gasteiger partial charge in [0, 0.05) is 6.42 Å². The van der Waals surface area contributed by atoms with Gasteiger partial charge in [0.2, 0.25) is 0 Å². The predicted molar refractivity (Wildman–Crippen MR) is 58.5 cm³/mol. The quantitative estimate of drug-likeness (QED) is 0.710. The molecule has 0 aromatic rings. The molecular weight excluding hydrogens is 188 g/mol. The molecule has 1 N–H and O–H groups in total. The Hall–Kier alpha value is -0.0800. The first-order valence-electron chi connectivity index (χ1n) is 6.23. The van der Waals surface area contributed by atoms with E-state index in [4.69, 9.17) is 4.74 Å². The minimum Gasteiger partial charge on any atom is -0.389 e. The van der Waals surface area contributed by atoms with Crippen LogP contribution in [0.1, 0.15) is 46.5 Å². The van der Waals surface area contributed by atoms with E-state index in [1.165, 1.54) is 19.3 Å². The van der Waals surface area contributed by atoms with Gasteiger partial charge in [-0.2, -0.15) is 0 Å². The molecule has 86 valence electrons. The van der Waals surface area contributed by atoms with E-state index < -0.39 is 5.60 Å². The molecule has 3 rings (SSSR count). The Morgan fingerprint density at radius 3 is 2.47 bits per heavy atom. The van der Waals surface area contributed by atoms with E-state index in [-0.39, 0.29) is 10.8 Å². The van der Waals surface area contributed by atoms with Crippen LogP contribution in [0.5, 0.6) is 0 Å². The van der Waals surface area contributed by atoms with Crippen molar-refractivity contribution in [1.82, 2.24) is 0 Å². The average molecular weight is 210 g/mol. The zero-order chi connectivity index (χ0) is 10.9. The summed E-state index contributed by atoms with van der Waals surface area (Å²) in [6.45, 7) is 7.65. The van der Waals surface area contributed by atoms with Gasteiger partial charge in [-0.3, -0.25) is 0 Å². The second-order valence-electron chi connectivity index (χ2n) is 6.74. The molecule has 2 nitrogen and oxygen atoms in total. The maximum atomic E-state index is 11.1. The first kappa shape index (κ1) is 10.1. The number of fused-ring (bicyclic) bond motifs is 2. The van der Waals surface area contributed by atoms with Gasteiger partial charge in [0.15, 0.2) is 0 Å². The molecule has 0 spiro atoms. The Bertz CT molecular complexity index is 288. The second-order valence-corrected chi connectivity index (χ2v) is 6.74. The van der Waals surface area contributed by atoms with Crippen LogP contribution >= 0.6 is 0 Å². The SMILES string of the molecule is CC1(C)[C@H]2CC[C@](C)(C2)[C@]1(O)C[C@@H]1CO1. The minimum absolute atomic E-state index is 0.0753. The maximum Gasteiger partial charge on any atom is 0.0837 e. The van der Waals surface area contributed by atoms with Crippen LogP contribution in [-0.2, 0) is 4.74 Å². The van der Waals surface area contributed by atoms with Crippen LogP contribution in [0.4, 0.5) is 0 Å². The third-order valence-corrected chi connectivity index (χ3v) is 5.75. The van der Waals surface area contributed by atoms with Crippen LogP contribution in [-0.4, -0.2) is 23.4 Å². The van der Waals surface area contributed by atoms with Gasteiger partial charge in [-0.25, -0.2) is 0 Å². The van der Waals surface area contributed by atoms with Crippen LogP contribution in [0, 0.1) is 16.7 Å². The Morgan fingerprint density at radius 1 is 1.33 bits per heavy atom. The molecule has 1 saturated heterocycles. The summed E-state index contributed by atoms with van der Waals surface area (Å²) in [6, 6.07) is 0. The van der Waals surface area contributed by atoms with Crippen molar-refractivity contribution in [2.75, 3.05) is 6.61 Å². The van der Waals surface area contributed by atoms with Crippen molar-refractivity contribution in [3.05, 3.63) is 0 Å². The average Bonchev–Trinajstić information content (AvgIpc) is 2.82. The molecule has 1 aliphatic heterocycles. The number of rotatable bonds is 2. The third kappa shape index (κ3) is 1.07. The number of hydrogen-bond acceptors (Lipinski definition) is 2. The highest BCUT2D eigenvalue weighted by Crippen LogP contribution is 2.69. The van der Waals surface area contributed by atoms with Crippen molar-refractivity contribution in [3.63, 3.8) is 0 Å². The first-order valence-corrected chi connectivity index (χ1v) is 6.23. The molecule has 0 aromatic carbocycles. The summed E-state index contributed by atoms with van der Waals surface area (Å²) < 4.78 is 5.32. The molecule has 3 fully saturated rings. The third-order valence-electron chi connectivity index (χ3n) is 5.75. The van der Waals surface area contributed by atoms with E-state index >= 15 is 0 Å². The summed E-state index contributed by atoms with van der Waals surface area (Å²) in [7, 11) is 0. The van der Waals surface area contributed by atoms with Crippen molar-refractivity contribution < 1.29 is 9.84 Å². The molecule has 1 heterocycles. The molecule has 2 saturated carbocycles. The van der Waals surface area contributed by atoms with E-state index in [2.05, 4.69) is 20.8 Å². The standard InChI is InChI=1S/C13H22O2/c1-11(2)9-4-5-12(3,6-9)13(11,14)7-10-8-15-10/h9-10,14H,4-8H2,1-3H3/t9-,10+,12+,13-/m0/s1. The molecule has 2 aliphatic carbocycles. The monoisotopic (exact) mass is 210 g/mol. The Labute approximate surface area is 92.0 Å². The van der Waals surface area contributed by atoms with Gasteiger partial charge in [0.25, 0.3) is 0 Å². The van der Waals surface area contributed by atoms with Gasteiger partial charge in [0.1, 0.15) is 0 Å². The highest BCUT2D eigenvalue weighted by Gasteiger charge is 2.68. The first-order chi connectivity index (χ1) is 6.89. The minimum atomic E-state index is -0.496. The van der Waals surface area contributed by atoms with E-state index in [1.54, 1.807) is 0 Å². The normalized spacial score (nSPS) is 56.0. The number of aliphatic hydroxyl groups is 1. The summed E-state index contributed by atoms with van der Waals surface area (Å²) >= 11 is 0. The molecule has 4 atom stereocenters. The zero-order valence-electron chi connectivity index (χ0n) is 10.0. The topological polar surface area (TPSA) is 32.8 Å². The molecule has 0 unspecified atom stereocenters. The summed E-state index contributed by atoms with van der Waals surface area (Å²) in [5, 5.41) is 11.1. The molecular formula is C13H22O2. The van der Waals surface area contributed by atoms with Gasteiger partial charge in [-0.1, -0.05) is 20.8 Å². The summed E-state index contributed by atoms with van der Waals surface area (Å²) in [5.74, 6) is 0.714. The zero-order valence-corrected chi connectivity index (χ0v) is 10.0. The molecule has 0 radical (unpaired) electrons. The lowest BCUT2D eigenvalue weighted by atomic mass is 9.59. The van der Waals surface area contributed by atoms with Crippen molar-refractivity contribution >= 4 is 0 Å². The van der Waals surface area contributed by atoms with Gasteiger partial charge >= 0.3 is 0 Å². The largest absolute Gasteiger partial charge is 0.389 e. The van der Waals surface area contributed by atoms with E-state index in [0.29, 0.717) is 12.0 Å². The molecule has 0 aromatic heterocycles. The van der Waals surface area contributed by atoms with Crippen LogP contribution < -0.4 is 0 Å². The summed E-state index contributed by atoms with van der Waals surface area (Å²) in [5.41, 5.74) is -0.275. The second kappa shape index (κ2) is 2.60. The van der Waals surface area contributed by atoms with Crippen LogP contribution in [0.2, 0.25) is 0 Å². The van der Waals surface area contributed by atoms with Crippen LogP contribution in [0.3, 0.4) is 0 Å². The summed E-state index contributed by atoms with van der Waals surface area (Å²) in [6.07, 6.45) is 4.91. The van der Waals surface area contributed by atoms with E-state index in [0.717, 1.165) is 13.0 Å². The highest BCUT2D eigenvalue weighted by molar-refractivity contribution is 5.18. The lowest BCUT2D eigenvalue weighted by Gasteiger charge is -2.50. The fraction of sp³-hybridized carbons (Fsp3) is 1.00. The highest BCUT2D eigenvalue weighted by atomic mass is 16.6. The molecule has 15 heavy (non-hydrogen) atoms. The molecule has 2 bridgehead atoms. The lowest BCUT2D eigenvalue weighted by molar-refractivity contribution is -0.150. The maximum absolute atomic E-state index is 11.1. The van der Waals surface area contributed by atoms with Crippen LogP contribution in [0.25, 0.3) is 0 Å². The fourth-order valence-corrected chi connectivity index (χ4v) is 4.37. The lowest BCUT2D eigenvalue weighted by Crippen LogP contribution is -2.54. The van der Waals surface area contributed by atoms with Crippen molar-refractivity contribution in [3.8, 4) is 0 Å². The van der Waals surface area contributed by atoms with E-state index in [9.17, 15) is 5.11 Å². The van der Waals surface area contributed by atoms with Crippen molar-refractivity contribution in [2.24, 2.45) is 16.7 Å². The number of ether oxygens (including phenoxy) is 1.